The molecule has 2 heterocycles. The van der Waals surface area contributed by atoms with E-state index in [-0.39, 0.29) is 22.4 Å². The molecule has 7 nitrogen and oxygen atoms in total. The lowest BCUT2D eigenvalue weighted by molar-refractivity contribution is -0.139. The normalized spacial score (nSPS) is 11.7. The monoisotopic (exact) mass is 555 g/mol. The maximum Gasteiger partial charge on any atom is 0.417 e. The first kappa shape index (κ1) is 26.2. The molecule has 0 radical (unpaired) electrons. The van der Waals surface area contributed by atoms with Gasteiger partial charge in [-0.15, -0.1) is 0 Å². The summed E-state index contributed by atoms with van der Waals surface area (Å²) in [6.07, 6.45) is -4.70. The van der Waals surface area contributed by atoms with Crippen LogP contribution in [0.25, 0.3) is 21.9 Å². The topological polar surface area (TPSA) is 90.9 Å². The molecule has 0 aliphatic heterocycles. The molecule has 0 saturated carbocycles. The van der Waals surface area contributed by atoms with Gasteiger partial charge in [0.05, 0.1) is 31.8 Å². The van der Waals surface area contributed by atoms with E-state index >= 15 is 0 Å². The maximum atomic E-state index is 13.8. The summed E-state index contributed by atoms with van der Waals surface area (Å²) in [6, 6.07) is 16.4. The lowest BCUT2D eigenvalue weighted by atomic mass is 10.1. The first-order valence-corrected chi connectivity index (χ1v) is 12.3. The Morgan fingerprint density at radius 3 is 2.38 bits per heavy atom. The first-order valence-electron chi connectivity index (χ1n) is 11.5. The van der Waals surface area contributed by atoms with Gasteiger partial charge in [0.1, 0.15) is 21.8 Å². The predicted octanol–water partition coefficient (Wildman–Crippen LogP) is 6.05. The Bertz CT molecular complexity index is 1840. The van der Waals surface area contributed by atoms with E-state index in [9.17, 15) is 27.9 Å². The van der Waals surface area contributed by atoms with Gasteiger partial charge in [-0.3, -0.25) is 4.79 Å². The van der Waals surface area contributed by atoms with Gasteiger partial charge in [-0.05, 0) is 42.0 Å². The molecule has 0 spiro atoms. The third-order valence-electron chi connectivity index (χ3n) is 6.14. The van der Waals surface area contributed by atoms with Gasteiger partial charge in [0.25, 0.3) is 5.56 Å². The number of pyridine rings is 1. The number of fused-ring (bicyclic) bond motifs is 3. The summed E-state index contributed by atoms with van der Waals surface area (Å²) < 4.78 is 58.2. The Morgan fingerprint density at radius 2 is 1.67 bits per heavy atom. The van der Waals surface area contributed by atoms with Crippen LogP contribution in [-0.4, -0.2) is 23.9 Å². The highest BCUT2D eigenvalue weighted by Crippen LogP contribution is 2.42. The SMILES string of the molecule is COc1cccc(Cn2c(=O)c3c(O)c(Sc4ccccc4C(F)(F)F)c(=O)oc3c3ccc(OC)cc32)c1. The van der Waals surface area contributed by atoms with E-state index in [0.717, 1.165) is 6.07 Å². The van der Waals surface area contributed by atoms with Crippen molar-refractivity contribution >= 4 is 33.6 Å². The van der Waals surface area contributed by atoms with E-state index < -0.39 is 33.6 Å². The van der Waals surface area contributed by atoms with Gasteiger partial charge >= 0.3 is 11.8 Å². The van der Waals surface area contributed by atoms with Crippen molar-refractivity contribution in [3.63, 3.8) is 0 Å². The van der Waals surface area contributed by atoms with Crippen molar-refractivity contribution in [2.45, 2.75) is 22.5 Å². The molecule has 11 heteroatoms. The standard InChI is InChI=1S/C28H20F3NO6S/c1-36-16-7-5-6-15(12-16)14-32-20-13-17(37-2)10-11-18(20)24-22(26(32)34)23(33)25(27(35)38-24)39-21-9-4-3-8-19(21)28(29,30)31/h3-13,33H,14H2,1-2H3. The minimum absolute atomic E-state index is 0.0492. The molecule has 3 aromatic carbocycles. The number of halogens is 3. The minimum atomic E-state index is -4.70. The Hall–Kier alpha value is -4.38. The summed E-state index contributed by atoms with van der Waals surface area (Å²) in [4.78, 5) is 26.0. The third-order valence-corrected chi connectivity index (χ3v) is 7.28. The summed E-state index contributed by atoms with van der Waals surface area (Å²) in [5.74, 6) is 0.243. The summed E-state index contributed by atoms with van der Waals surface area (Å²) in [5.41, 5.74) is -1.90. The number of rotatable bonds is 6. The van der Waals surface area contributed by atoms with Crippen LogP contribution >= 0.6 is 11.8 Å². The van der Waals surface area contributed by atoms with Crippen molar-refractivity contribution in [2.24, 2.45) is 0 Å². The summed E-state index contributed by atoms with van der Waals surface area (Å²) in [6.45, 7) is 0.0492. The number of hydrogen-bond acceptors (Lipinski definition) is 7. The van der Waals surface area contributed by atoms with E-state index in [4.69, 9.17) is 13.9 Å². The molecule has 0 saturated heterocycles. The number of aromatic nitrogens is 1. The Morgan fingerprint density at radius 1 is 0.949 bits per heavy atom. The van der Waals surface area contributed by atoms with Crippen LogP contribution in [0.15, 0.2) is 90.5 Å². The molecule has 0 aliphatic rings. The van der Waals surface area contributed by atoms with Crippen LogP contribution in [0.2, 0.25) is 0 Å². The van der Waals surface area contributed by atoms with E-state index in [1.165, 1.54) is 37.0 Å². The number of hydrogen-bond donors (Lipinski definition) is 1. The van der Waals surface area contributed by atoms with E-state index in [1.54, 1.807) is 42.5 Å². The van der Waals surface area contributed by atoms with Crippen LogP contribution in [0.3, 0.4) is 0 Å². The summed E-state index contributed by atoms with van der Waals surface area (Å²) in [5, 5.41) is 11.2. The zero-order valence-electron chi connectivity index (χ0n) is 20.5. The second-order valence-electron chi connectivity index (χ2n) is 8.49. The van der Waals surface area contributed by atoms with Crippen LogP contribution < -0.4 is 20.7 Å². The number of ether oxygens (including phenoxy) is 2. The molecule has 5 aromatic rings. The van der Waals surface area contributed by atoms with Crippen molar-refractivity contribution in [1.82, 2.24) is 4.57 Å². The molecule has 2 aromatic heterocycles. The van der Waals surface area contributed by atoms with Crippen molar-refractivity contribution in [3.05, 3.63) is 98.6 Å². The quantitative estimate of drug-likeness (QED) is 0.255. The van der Waals surface area contributed by atoms with Gasteiger partial charge in [-0.25, -0.2) is 4.79 Å². The molecule has 1 N–H and O–H groups in total. The van der Waals surface area contributed by atoms with E-state index in [1.807, 2.05) is 0 Å². The van der Waals surface area contributed by atoms with Crippen molar-refractivity contribution < 1.29 is 32.2 Å². The Kier molecular flexibility index (Phi) is 6.77. The van der Waals surface area contributed by atoms with Gasteiger partial charge in [-0.2, -0.15) is 13.2 Å². The number of alkyl halides is 3. The molecule has 0 bridgehead atoms. The van der Waals surface area contributed by atoms with Gasteiger partial charge < -0.3 is 23.6 Å². The van der Waals surface area contributed by atoms with Gasteiger partial charge in [0.2, 0.25) is 0 Å². The molecule has 0 aliphatic carbocycles. The van der Waals surface area contributed by atoms with Crippen LogP contribution in [0, 0.1) is 0 Å². The third kappa shape index (κ3) is 4.81. The maximum absolute atomic E-state index is 13.8. The first-order chi connectivity index (χ1) is 18.6. The molecule has 0 amide bonds. The molecule has 0 fully saturated rings. The minimum Gasteiger partial charge on any atom is -0.505 e. The van der Waals surface area contributed by atoms with Crippen LogP contribution in [0.5, 0.6) is 17.2 Å². The molecule has 5 rings (SSSR count). The van der Waals surface area contributed by atoms with Crippen molar-refractivity contribution in [1.29, 1.82) is 0 Å². The number of nitrogens with zero attached hydrogens (tertiary/aromatic N) is 1. The van der Waals surface area contributed by atoms with Gasteiger partial charge in [0.15, 0.2) is 11.3 Å². The number of aromatic hydroxyl groups is 1. The molecule has 0 atom stereocenters. The average molecular weight is 556 g/mol. The zero-order chi connectivity index (χ0) is 27.9. The summed E-state index contributed by atoms with van der Waals surface area (Å²) >= 11 is 0.383. The van der Waals surface area contributed by atoms with Crippen LogP contribution in [-0.2, 0) is 12.7 Å². The highest BCUT2D eigenvalue weighted by molar-refractivity contribution is 7.99. The molecular weight excluding hydrogens is 535 g/mol. The highest BCUT2D eigenvalue weighted by atomic mass is 32.2. The van der Waals surface area contributed by atoms with E-state index in [0.29, 0.717) is 39.7 Å². The zero-order valence-corrected chi connectivity index (χ0v) is 21.4. The van der Waals surface area contributed by atoms with E-state index in [2.05, 4.69) is 0 Å². The average Bonchev–Trinajstić information content (AvgIpc) is 2.92. The van der Waals surface area contributed by atoms with Crippen molar-refractivity contribution in [3.8, 4) is 17.2 Å². The fourth-order valence-electron chi connectivity index (χ4n) is 4.29. The lowest BCUT2D eigenvalue weighted by Gasteiger charge is -2.16. The van der Waals surface area contributed by atoms with Crippen LogP contribution in [0.4, 0.5) is 13.2 Å². The van der Waals surface area contributed by atoms with Gasteiger partial charge in [-0.1, -0.05) is 36.0 Å². The smallest absolute Gasteiger partial charge is 0.417 e. The van der Waals surface area contributed by atoms with Crippen LogP contribution in [0.1, 0.15) is 11.1 Å². The van der Waals surface area contributed by atoms with Gasteiger partial charge in [0, 0.05) is 16.3 Å². The number of methoxy groups -OCH3 is 2. The second-order valence-corrected chi connectivity index (χ2v) is 9.55. The lowest BCUT2D eigenvalue weighted by Crippen LogP contribution is -2.23. The Balaban J connectivity index is 1.78. The second kappa shape index (κ2) is 10.1. The Labute approximate surface area is 223 Å². The molecule has 200 valence electrons. The fourth-order valence-corrected chi connectivity index (χ4v) is 5.28. The number of benzene rings is 3. The largest absolute Gasteiger partial charge is 0.505 e. The predicted molar refractivity (Wildman–Crippen MR) is 140 cm³/mol. The molecule has 39 heavy (non-hydrogen) atoms. The molecule has 0 unspecified atom stereocenters. The van der Waals surface area contributed by atoms with Crippen molar-refractivity contribution in [2.75, 3.05) is 14.2 Å². The summed E-state index contributed by atoms with van der Waals surface area (Å²) in [7, 11) is 2.97. The highest BCUT2D eigenvalue weighted by Gasteiger charge is 2.34. The fraction of sp³-hybridized carbons (Fsp3) is 0.143. The molecular formula is C28H20F3NO6S.